The predicted octanol–water partition coefficient (Wildman–Crippen LogP) is 1.54. The lowest BCUT2D eigenvalue weighted by Crippen LogP contribution is -2.16. The van der Waals surface area contributed by atoms with Crippen molar-refractivity contribution in [1.82, 2.24) is 0 Å². The fourth-order valence-corrected chi connectivity index (χ4v) is 1.23. The molecule has 0 saturated heterocycles. The van der Waals surface area contributed by atoms with Gasteiger partial charge in [0.15, 0.2) is 0 Å². The normalized spacial score (nSPS) is 22.9. The molecule has 2 nitrogen and oxygen atoms in total. The number of nitrogens with two attached hydrogens (primary N) is 1. The first-order valence-corrected chi connectivity index (χ1v) is 3.47. The van der Waals surface area contributed by atoms with Crippen LogP contribution in [-0.4, -0.2) is 0 Å². The average Bonchev–Trinajstić information content (AvgIpc) is 2.10. The van der Waals surface area contributed by atoms with Crippen LogP contribution in [0.3, 0.4) is 0 Å². The van der Waals surface area contributed by atoms with Crippen molar-refractivity contribution in [3.05, 3.63) is 11.3 Å². The molecule has 2 N–H and O–H groups in total. The zero-order valence-corrected chi connectivity index (χ0v) is 6.44. The van der Waals surface area contributed by atoms with E-state index in [9.17, 15) is 0 Å². The van der Waals surface area contributed by atoms with Gasteiger partial charge in [-0.05, 0) is 12.8 Å². The molecule has 0 amide bonds. The van der Waals surface area contributed by atoms with E-state index in [-0.39, 0.29) is 5.41 Å². The summed E-state index contributed by atoms with van der Waals surface area (Å²) in [5, 5.41) is 8.58. The maximum absolute atomic E-state index is 8.58. The van der Waals surface area contributed by atoms with Gasteiger partial charge in [-0.1, -0.05) is 13.8 Å². The first kappa shape index (κ1) is 7.14. The summed E-state index contributed by atoms with van der Waals surface area (Å²) in [7, 11) is 0. The van der Waals surface area contributed by atoms with Crippen LogP contribution < -0.4 is 5.73 Å². The predicted molar refractivity (Wildman–Crippen MR) is 39.8 cm³/mol. The van der Waals surface area contributed by atoms with Gasteiger partial charge in [-0.3, -0.25) is 0 Å². The Morgan fingerprint density at radius 3 is 2.40 bits per heavy atom. The van der Waals surface area contributed by atoms with Gasteiger partial charge in [0.25, 0.3) is 0 Å². The topological polar surface area (TPSA) is 49.8 Å². The summed E-state index contributed by atoms with van der Waals surface area (Å²) in [5.41, 5.74) is 7.35. The Balaban J connectivity index is 2.98. The van der Waals surface area contributed by atoms with Crippen LogP contribution in [0.2, 0.25) is 0 Å². The van der Waals surface area contributed by atoms with Crippen molar-refractivity contribution in [2.24, 2.45) is 11.1 Å². The van der Waals surface area contributed by atoms with Gasteiger partial charge in [0.1, 0.15) is 0 Å². The van der Waals surface area contributed by atoms with Gasteiger partial charge in [-0.2, -0.15) is 5.26 Å². The molecule has 0 heterocycles. The average molecular weight is 136 g/mol. The SMILES string of the molecule is CC1(C)CCC(C#N)=C1N. The second-order valence-electron chi connectivity index (χ2n) is 3.39. The minimum absolute atomic E-state index is 0.0606. The van der Waals surface area contributed by atoms with Crippen molar-refractivity contribution < 1.29 is 0 Å². The van der Waals surface area contributed by atoms with E-state index in [0.717, 1.165) is 24.1 Å². The molecule has 0 radical (unpaired) electrons. The molecule has 0 fully saturated rings. The van der Waals surface area contributed by atoms with Crippen LogP contribution in [0.15, 0.2) is 11.3 Å². The van der Waals surface area contributed by atoms with E-state index in [1.807, 2.05) is 0 Å². The largest absolute Gasteiger partial charge is 0.401 e. The van der Waals surface area contributed by atoms with Crippen LogP contribution in [0.1, 0.15) is 26.7 Å². The van der Waals surface area contributed by atoms with Crippen molar-refractivity contribution in [2.75, 3.05) is 0 Å². The second-order valence-corrected chi connectivity index (χ2v) is 3.39. The quantitative estimate of drug-likeness (QED) is 0.549. The van der Waals surface area contributed by atoms with Crippen LogP contribution in [0.25, 0.3) is 0 Å². The van der Waals surface area contributed by atoms with Crippen LogP contribution in [0, 0.1) is 16.7 Å². The molecule has 0 aromatic heterocycles. The maximum Gasteiger partial charge on any atom is 0.0965 e. The first-order chi connectivity index (χ1) is 4.58. The molecule has 2 heteroatoms. The summed E-state index contributed by atoms with van der Waals surface area (Å²) in [5.74, 6) is 0. The van der Waals surface area contributed by atoms with Gasteiger partial charge >= 0.3 is 0 Å². The minimum Gasteiger partial charge on any atom is -0.401 e. The molecule has 1 aliphatic rings. The molecule has 1 aliphatic carbocycles. The zero-order chi connectivity index (χ0) is 7.78. The Hall–Kier alpha value is -0.970. The molecule has 0 unspecified atom stereocenters. The third-order valence-corrected chi connectivity index (χ3v) is 2.19. The van der Waals surface area contributed by atoms with E-state index in [1.165, 1.54) is 0 Å². The fourth-order valence-electron chi connectivity index (χ4n) is 1.23. The highest BCUT2D eigenvalue weighted by molar-refractivity contribution is 5.34. The molecule has 0 aromatic carbocycles. The van der Waals surface area contributed by atoms with Crippen molar-refractivity contribution in [3.8, 4) is 6.07 Å². The molecule has 0 aromatic rings. The van der Waals surface area contributed by atoms with Gasteiger partial charge in [0, 0.05) is 16.7 Å². The van der Waals surface area contributed by atoms with E-state index in [4.69, 9.17) is 11.0 Å². The van der Waals surface area contributed by atoms with Crippen LogP contribution in [0.5, 0.6) is 0 Å². The summed E-state index contributed by atoms with van der Waals surface area (Å²) in [6.07, 6.45) is 1.87. The monoisotopic (exact) mass is 136 g/mol. The van der Waals surface area contributed by atoms with E-state index >= 15 is 0 Å². The number of allylic oxidation sites excluding steroid dienone is 2. The highest BCUT2D eigenvalue weighted by Crippen LogP contribution is 2.38. The summed E-state index contributed by atoms with van der Waals surface area (Å²) in [4.78, 5) is 0. The molecule has 1 rings (SSSR count). The number of hydrogen-bond donors (Lipinski definition) is 1. The summed E-state index contributed by atoms with van der Waals surface area (Å²) in [6, 6.07) is 2.12. The lowest BCUT2D eigenvalue weighted by atomic mass is 9.90. The summed E-state index contributed by atoms with van der Waals surface area (Å²) >= 11 is 0. The van der Waals surface area contributed by atoms with Gasteiger partial charge in [0.05, 0.1) is 6.07 Å². The van der Waals surface area contributed by atoms with Gasteiger partial charge in [-0.15, -0.1) is 0 Å². The summed E-state index contributed by atoms with van der Waals surface area (Å²) in [6.45, 7) is 4.15. The molecule has 0 atom stereocenters. The third-order valence-electron chi connectivity index (χ3n) is 2.19. The van der Waals surface area contributed by atoms with E-state index in [1.54, 1.807) is 0 Å². The Bertz CT molecular complexity index is 218. The number of hydrogen-bond acceptors (Lipinski definition) is 2. The van der Waals surface area contributed by atoms with E-state index in [2.05, 4.69) is 19.9 Å². The van der Waals surface area contributed by atoms with Crippen molar-refractivity contribution in [3.63, 3.8) is 0 Å². The maximum atomic E-state index is 8.58. The van der Waals surface area contributed by atoms with Crippen LogP contribution >= 0.6 is 0 Å². The van der Waals surface area contributed by atoms with Gasteiger partial charge < -0.3 is 5.73 Å². The Labute approximate surface area is 61.3 Å². The molecule has 0 aliphatic heterocycles. The minimum atomic E-state index is 0.0606. The van der Waals surface area contributed by atoms with Gasteiger partial charge in [0.2, 0.25) is 0 Å². The number of rotatable bonds is 0. The van der Waals surface area contributed by atoms with Crippen molar-refractivity contribution in [2.45, 2.75) is 26.7 Å². The number of nitriles is 1. The molecule has 10 heavy (non-hydrogen) atoms. The third kappa shape index (κ3) is 0.881. The van der Waals surface area contributed by atoms with E-state index < -0.39 is 0 Å². The Morgan fingerprint density at radius 2 is 2.20 bits per heavy atom. The van der Waals surface area contributed by atoms with Crippen molar-refractivity contribution in [1.29, 1.82) is 5.26 Å². The fraction of sp³-hybridized carbons (Fsp3) is 0.625. The molecular formula is C8H12N2. The Morgan fingerprint density at radius 1 is 1.60 bits per heavy atom. The smallest absolute Gasteiger partial charge is 0.0965 e. The first-order valence-electron chi connectivity index (χ1n) is 3.47. The molecule has 0 spiro atoms. The molecule has 0 saturated carbocycles. The lowest BCUT2D eigenvalue weighted by molar-refractivity contribution is 0.438. The highest BCUT2D eigenvalue weighted by Gasteiger charge is 2.30. The zero-order valence-electron chi connectivity index (χ0n) is 6.44. The van der Waals surface area contributed by atoms with Crippen LogP contribution in [-0.2, 0) is 0 Å². The van der Waals surface area contributed by atoms with Crippen LogP contribution in [0.4, 0.5) is 0 Å². The standard InChI is InChI=1S/C8H12N2/c1-8(2)4-3-6(5-9)7(8)10/h3-4,10H2,1-2H3. The molecule has 0 bridgehead atoms. The highest BCUT2D eigenvalue weighted by atomic mass is 14.7. The number of nitrogens with zero attached hydrogens (tertiary/aromatic N) is 1. The molecular weight excluding hydrogens is 124 g/mol. The second kappa shape index (κ2) is 2.02. The lowest BCUT2D eigenvalue weighted by Gasteiger charge is -2.17. The van der Waals surface area contributed by atoms with E-state index in [0.29, 0.717) is 0 Å². The van der Waals surface area contributed by atoms with Gasteiger partial charge in [-0.25, -0.2) is 0 Å². The molecule has 54 valence electrons. The Kier molecular flexibility index (Phi) is 1.44. The van der Waals surface area contributed by atoms with Crippen molar-refractivity contribution >= 4 is 0 Å². The summed E-state index contributed by atoms with van der Waals surface area (Å²) < 4.78 is 0.